The molecule has 0 amide bonds. The second kappa shape index (κ2) is 5.26. The fraction of sp³-hybridized carbons (Fsp3) is 0.429. The third-order valence-corrected chi connectivity index (χ3v) is 5.77. The Bertz CT molecular complexity index is 621. The minimum Gasteiger partial charge on any atom is -0.381 e. The van der Waals surface area contributed by atoms with Crippen LogP contribution < -0.4 is 0 Å². The average Bonchev–Trinajstić information content (AvgIpc) is 2.75. The van der Waals surface area contributed by atoms with Crippen LogP contribution >= 0.6 is 30.3 Å². The highest BCUT2D eigenvalue weighted by Crippen LogP contribution is 2.44. The zero-order valence-corrected chi connectivity index (χ0v) is 13.8. The van der Waals surface area contributed by atoms with Gasteiger partial charge in [0, 0.05) is 49.0 Å². The van der Waals surface area contributed by atoms with Crippen molar-refractivity contribution < 1.29 is 9.13 Å². The van der Waals surface area contributed by atoms with Gasteiger partial charge in [-0.25, -0.2) is 4.39 Å². The molecule has 1 heterocycles. The van der Waals surface area contributed by atoms with Crippen LogP contribution in [0, 0.1) is 12.7 Å². The summed E-state index contributed by atoms with van der Waals surface area (Å²) in [5, 5.41) is 1.06. The van der Waals surface area contributed by atoms with Gasteiger partial charge in [0.15, 0.2) is 0 Å². The van der Waals surface area contributed by atoms with E-state index in [1.54, 1.807) is 13.2 Å². The minimum absolute atomic E-state index is 0.131. The largest absolute Gasteiger partial charge is 0.381 e. The van der Waals surface area contributed by atoms with Crippen LogP contribution in [0.3, 0.4) is 0 Å². The van der Waals surface area contributed by atoms with Gasteiger partial charge in [-0.2, -0.15) is 0 Å². The van der Waals surface area contributed by atoms with E-state index in [1.807, 2.05) is 23.2 Å². The number of nitrogens with zero attached hydrogens (tertiary/aromatic N) is 1. The quantitative estimate of drug-likeness (QED) is 0.696. The monoisotopic (exact) mass is 391 g/mol. The van der Waals surface area contributed by atoms with E-state index >= 15 is 0 Å². The molecule has 3 rings (SSSR count). The van der Waals surface area contributed by atoms with Crippen LogP contribution in [0.2, 0.25) is 0 Å². The summed E-state index contributed by atoms with van der Waals surface area (Å²) in [5.41, 5.74) is 3.07. The zero-order valence-electron chi connectivity index (χ0n) is 10.8. The molecular formula is C14H15FINOS. The summed E-state index contributed by atoms with van der Waals surface area (Å²) in [5.74, 6) is 0.371. The Labute approximate surface area is 128 Å². The molecule has 1 aliphatic rings. The summed E-state index contributed by atoms with van der Waals surface area (Å²) in [6.07, 6.45) is 4.40. The van der Waals surface area contributed by atoms with Crippen LogP contribution in [0.15, 0.2) is 18.3 Å². The molecule has 1 aromatic heterocycles. The van der Waals surface area contributed by atoms with Gasteiger partial charge >= 0.3 is 0 Å². The topological polar surface area (TPSA) is 14.2 Å². The van der Waals surface area contributed by atoms with E-state index in [2.05, 4.69) is 21.2 Å². The fourth-order valence-electron chi connectivity index (χ4n) is 3.01. The zero-order chi connectivity index (χ0) is 13.6. The maximum atomic E-state index is 14.2. The number of hydrogen-bond donors (Lipinski definition) is 0. The van der Waals surface area contributed by atoms with Crippen molar-refractivity contribution in [2.45, 2.75) is 31.8 Å². The lowest BCUT2D eigenvalue weighted by atomic mass is 9.75. The molecule has 1 aromatic carbocycles. The number of aromatic nitrogens is 1. The molecule has 102 valence electrons. The van der Waals surface area contributed by atoms with Gasteiger partial charge in [-0.1, -0.05) is 0 Å². The van der Waals surface area contributed by atoms with Crippen LogP contribution in [0.4, 0.5) is 4.39 Å². The van der Waals surface area contributed by atoms with Gasteiger partial charge in [-0.3, -0.25) is 3.97 Å². The number of rotatable bonds is 3. The van der Waals surface area contributed by atoms with Crippen LogP contribution in [0.25, 0.3) is 10.9 Å². The van der Waals surface area contributed by atoms with Crippen LogP contribution in [0.5, 0.6) is 0 Å². The Morgan fingerprint density at radius 1 is 1.47 bits per heavy atom. The van der Waals surface area contributed by atoms with Crippen LogP contribution in [0.1, 0.15) is 29.9 Å². The van der Waals surface area contributed by atoms with Crippen molar-refractivity contribution >= 4 is 41.2 Å². The van der Waals surface area contributed by atoms with Crippen LogP contribution in [-0.2, 0) is 4.74 Å². The lowest BCUT2D eigenvalue weighted by molar-refractivity contribution is 0.0260. The minimum atomic E-state index is -0.131. The Balaban J connectivity index is 2.11. The van der Waals surface area contributed by atoms with Gasteiger partial charge in [0.05, 0.1) is 11.6 Å². The maximum Gasteiger partial charge on any atom is 0.148 e. The summed E-state index contributed by atoms with van der Waals surface area (Å²) < 4.78 is 21.4. The normalized spacial score (nSPS) is 22.7. The first-order valence-corrected chi connectivity index (χ1v) is 9.59. The summed E-state index contributed by atoms with van der Waals surface area (Å²) in [6.45, 7) is 2.01. The average molecular weight is 391 g/mol. The van der Waals surface area contributed by atoms with Gasteiger partial charge in [0.25, 0.3) is 0 Å². The van der Waals surface area contributed by atoms with Crippen molar-refractivity contribution in [1.82, 2.24) is 3.97 Å². The fourth-order valence-corrected chi connectivity index (χ4v) is 4.35. The molecule has 2 nitrogen and oxygen atoms in total. The van der Waals surface area contributed by atoms with Crippen molar-refractivity contribution in [3.05, 3.63) is 35.3 Å². The SMILES string of the molecule is COC1CC(c2c(C)cc(F)c3c2ccn3SI)C1. The number of ether oxygens (including phenoxy) is 1. The lowest BCUT2D eigenvalue weighted by Crippen LogP contribution is -2.29. The highest BCUT2D eigenvalue weighted by atomic mass is 127. The van der Waals surface area contributed by atoms with Crippen molar-refractivity contribution in [3.8, 4) is 0 Å². The predicted octanol–water partition coefficient (Wildman–Crippen LogP) is 4.83. The van der Waals surface area contributed by atoms with Crippen molar-refractivity contribution in [2.24, 2.45) is 0 Å². The number of halogens is 2. The van der Waals surface area contributed by atoms with Crippen molar-refractivity contribution in [1.29, 1.82) is 0 Å². The first-order valence-electron chi connectivity index (χ1n) is 6.27. The number of hydrogen-bond acceptors (Lipinski definition) is 2. The third kappa shape index (κ3) is 2.19. The highest BCUT2D eigenvalue weighted by Gasteiger charge is 2.33. The first-order chi connectivity index (χ1) is 9.15. The first kappa shape index (κ1) is 13.7. The molecule has 0 radical (unpaired) electrons. The third-order valence-electron chi connectivity index (χ3n) is 4.05. The van der Waals surface area contributed by atoms with E-state index < -0.39 is 0 Å². The van der Waals surface area contributed by atoms with Gasteiger partial charge < -0.3 is 4.74 Å². The summed E-state index contributed by atoms with van der Waals surface area (Å²) in [6, 6.07) is 3.70. The Hall–Kier alpha value is -0.270. The van der Waals surface area contributed by atoms with E-state index in [-0.39, 0.29) is 5.82 Å². The Kier molecular flexibility index (Phi) is 3.79. The number of aryl methyl sites for hydroxylation is 1. The molecule has 0 atom stereocenters. The molecular weight excluding hydrogens is 376 g/mol. The number of benzene rings is 1. The Morgan fingerprint density at radius 3 is 2.84 bits per heavy atom. The second-order valence-corrected chi connectivity index (χ2v) is 6.80. The highest BCUT2D eigenvalue weighted by molar-refractivity contribution is 14.2. The van der Waals surface area contributed by atoms with Crippen molar-refractivity contribution in [3.63, 3.8) is 0 Å². The standard InChI is InChI=1S/C14H15FINOS/c1-8-5-12(15)14-11(3-4-17(14)19-16)13(8)9-6-10(7-9)18-2/h3-5,9-10H,6-7H2,1-2H3. The summed E-state index contributed by atoms with van der Waals surface area (Å²) >= 11 is 2.18. The van der Waals surface area contributed by atoms with Crippen LogP contribution in [-0.4, -0.2) is 17.2 Å². The molecule has 2 aromatic rings. The molecule has 1 fully saturated rings. The molecule has 1 saturated carbocycles. The smallest absolute Gasteiger partial charge is 0.148 e. The van der Waals surface area contributed by atoms with Crippen molar-refractivity contribution in [2.75, 3.05) is 7.11 Å². The van der Waals surface area contributed by atoms with Gasteiger partial charge in [0.1, 0.15) is 5.82 Å². The van der Waals surface area contributed by atoms with E-state index in [4.69, 9.17) is 4.74 Å². The predicted molar refractivity (Wildman–Crippen MR) is 86.4 cm³/mol. The Morgan fingerprint density at radius 2 is 2.21 bits per heavy atom. The molecule has 5 heteroatoms. The molecule has 19 heavy (non-hydrogen) atoms. The molecule has 0 aliphatic heterocycles. The molecule has 0 spiro atoms. The van der Waals surface area contributed by atoms with E-state index in [0.717, 1.165) is 23.8 Å². The number of fused-ring (bicyclic) bond motifs is 1. The molecule has 0 saturated heterocycles. The molecule has 0 unspecified atom stereocenters. The van der Waals surface area contributed by atoms with E-state index in [9.17, 15) is 4.39 Å². The molecule has 1 aliphatic carbocycles. The van der Waals surface area contributed by atoms with Gasteiger partial charge in [0.2, 0.25) is 0 Å². The maximum absolute atomic E-state index is 14.2. The molecule has 0 N–H and O–H groups in total. The second-order valence-electron chi connectivity index (χ2n) is 5.09. The lowest BCUT2D eigenvalue weighted by Gasteiger charge is -2.35. The summed E-state index contributed by atoms with van der Waals surface area (Å²) in [4.78, 5) is 0. The van der Waals surface area contributed by atoms with Gasteiger partial charge in [-0.15, -0.1) is 0 Å². The van der Waals surface area contributed by atoms with E-state index in [0.29, 0.717) is 17.5 Å². The number of methoxy groups -OCH3 is 1. The van der Waals surface area contributed by atoms with Gasteiger partial charge in [-0.05, 0) is 48.9 Å². The molecule has 0 bridgehead atoms. The van der Waals surface area contributed by atoms with E-state index in [1.165, 1.54) is 14.7 Å². The summed E-state index contributed by atoms with van der Waals surface area (Å²) in [7, 11) is 3.26.